The van der Waals surface area contributed by atoms with Crippen molar-refractivity contribution >= 4 is 44.0 Å². The number of nitrogens with zero attached hydrogens (tertiary/aromatic N) is 1. The lowest BCUT2D eigenvalue weighted by Gasteiger charge is -2.29. The molecule has 1 aromatic heterocycles. The van der Waals surface area contributed by atoms with Crippen LogP contribution < -0.4 is 5.32 Å². The minimum absolute atomic E-state index is 0.0190. The fourth-order valence-corrected chi connectivity index (χ4v) is 6.22. The summed E-state index contributed by atoms with van der Waals surface area (Å²) in [5, 5.41) is 9.28. The minimum Gasteiger partial charge on any atom is -0.326 e. The van der Waals surface area contributed by atoms with Crippen molar-refractivity contribution in [3.63, 3.8) is 0 Å². The van der Waals surface area contributed by atoms with E-state index in [1.807, 2.05) is 42.5 Å². The van der Waals surface area contributed by atoms with E-state index in [0.29, 0.717) is 6.42 Å². The molecule has 0 aliphatic heterocycles. The molecule has 1 atom stereocenters. The molecule has 0 spiro atoms. The Morgan fingerprint density at radius 3 is 2.42 bits per heavy atom. The Morgan fingerprint density at radius 2 is 1.53 bits per heavy atom. The minimum atomic E-state index is -0.0190. The smallest absolute Gasteiger partial charge is 0.228 e. The monoisotopic (exact) mass is 492 g/mol. The second-order valence-corrected chi connectivity index (χ2v) is 10.3. The van der Waals surface area contributed by atoms with E-state index < -0.39 is 0 Å². The van der Waals surface area contributed by atoms with Gasteiger partial charge in [-0.1, -0.05) is 84.9 Å². The Morgan fingerprint density at radius 1 is 0.763 bits per heavy atom. The number of amides is 1. The van der Waals surface area contributed by atoms with Crippen molar-refractivity contribution in [2.75, 3.05) is 5.32 Å². The lowest BCUT2D eigenvalue weighted by molar-refractivity contribution is -0.115. The number of anilines is 1. The molecule has 6 aromatic rings. The lowest BCUT2D eigenvalue weighted by atomic mass is 9.76. The summed E-state index contributed by atoms with van der Waals surface area (Å²) >= 11 is 0. The Labute approximate surface area is 222 Å². The maximum Gasteiger partial charge on any atom is 0.228 e. The number of carbonyl (C=O) groups excluding carboxylic acids is 1. The Bertz CT molecular complexity index is 1820. The molecule has 3 nitrogen and oxygen atoms in total. The summed E-state index contributed by atoms with van der Waals surface area (Å²) in [6, 6.07) is 37.8. The quantitative estimate of drug-likeness (QED) is 0.252. The summed E-state index contributed by atoms with van der Waals surface area (Å²) in [6.07, 6.45) is 3.51. The first-order valence-corrected chi connectivity index (χ1v) is 13.4. The van der Waals surface area contributed by atoms with Gasteiger partial charge in [0, 0.05) is 17.0 Å². The molecule has 0 bridgehead atoms. The third-order valence-electron chi connectivity index (χ3n) is 7.92. The van der Waals surface area contributed by atoms with Crippen LogP contribution in [0.2, 0.25) is 0 Å². The molecule has 1 aliphatic rings. The van der Waals surface area contributed by atoms with Gasteiger partial charge in [0.05, 0.1) is 17.6 Å². The molecular weight excluding hydrogens is 464 g/mol. The molecule has 0 fully saturated rings. The van der Waals surface area contributed by atoms with E-state index >= 15 is 0 Å². The van der Waals surface area contributed by atoms with E-state index in [4.69, 9.17) is 4.98 Å². The van der Waals surface area contributed by atoms with E-state index in [1.54, 1.807) is 0 Å². The molecule has 3 heteroatoms. The largest absolute Gasteiger partial charge is 0.326 e. The summed E-state index contributed by atoms with van der Waals surface area (Å²) in [6.45, 7) is 0. The third kappa shape index (κ3) is 4.01. The van der Waals surface area contributed by atoms with E-state index in [-0.39, 0.29) is 11.8 Å². The van der Waals surface area contributed by atoms with Crippen molar-refractivity contribution in [1.29, 1.82) is 0 Å². The van der Waals surface area contributed by atoms with E-state index in [2.05, 4.69) is 72.0 Å². The zero-order chi connectivity index (χ0) is 25.5. The molecule has 7 rings (SSSR count). The molecule has 5 aromatic carbocycles. The highest BCUT2D eigenvalue weighted by Crippen LogP contribution is 2.43. The van der Waals surface area contributed by atoms with Crippen LogP contribution in [0.1, 0.15) is 41.1 Å². The van der Waals surface area contributed by atoms with Gasteiger partial charge in [0.25, 0.3) is 0 Å². The van der Waals surface area contributed by atoms with Gasteiger partial charge < -0.3 is 5.32 Å². The molecule has 1 amide bonds. The van der Waals surface area contributed by atoms with Crippen LogP contribution in [0.5, 0.6) is 0 Å². The molecule has 184 valence electrons. The van der Waals surface area contributed by atoms with Crippen molar-refractivity contribution in [3.05, 3.63) is 132 Å². The molecule has 0 radical (unpaired) electrons. The summed E-state index contributed by atoms with van der Waals surface area (Å²) in [4.78, 5) is 18.5. The zero-order valence-electron chi connectivity index (χ0n) is 21.2. The Kier molecular flexibility index (Phi) is 5.62. The van der Waals surface area contributed by atoms with Crippen LogP contribution in [0.15, 0.2) is 109 Å². The number of nitrogens with one attached hydrogen (secondary N) is 1. The van der Waals surface area contributed by atoms with Crippen molar-refractivity contribution in [1.82, 2.24) is 4.98 Å². The van der Waals surface area contributed by atoms with Crippen molar-refractivity contribution in [3.8, 4) is 0 Å². The first-order valence-electron chi connectivity index (χ1n) is 13.4. The maximum absolute atomic E-state index is 13.2. The van der Waals surface area contributed by atoms with Crippen LogP contribution in [0.4, 0.5) is 5.69 Å². The standard InChI is InChI=1S/C35H28N2O/c38-33(36-27-12-2-1-3-13-27)22-26-21-25-10-5-7-16-32(25)37-35(26)31-15-8-11-24-18-19-29-28-14-6-4-9-23(28)17-20-30(29)34(24)31/h1-7,9-10,12-14,16-21,31H,8,11,15,22H2,(H,36,38). The molecule has 0 saturated carbocycles. The van der Waals surface area contributed by atoms with Crippen LogP contribution >= 0.6 is 0 Å². The topological polar surface area (TPSA) is 42.0 Å². The SMILES string of the molecule is O=C(Cc1cc2ccccc2nc1C1CCCc2ccc3c(ccc4ccccc43)c21)Nc1ccccc1. The number of fused-ring (bicyclic) bond motifs is 6. The van der Waals surface area contributed by atoms with E-state index in [1.165, 1.54) is 32.7 Å². The van der Waals surface area contributed by atoms with Gasteiger partial charge in [-0.15, -0.1) is 0 Å². The molecule has 38 heavy (non-hydrogen) atoms. The second-order valence-electron chi connectivity index (χ2n) is 10.3. The van der Waals surface area contributed by atoms with Crippen molar-refractivity contribution in [2.45, 2.75) is 31.6 Å². The highest BCUT2D eigenvalue weighted by atomic mass is 16.1. The number of carbonyl (C=O) groups is 1. The van der Waals surface area contributed by atoms with E-state index in [0.717, 1.165) is 47.1 Å². The van der Waals surface area contributed by atoms with Gasteiger partial charge >= 0.3 is 0 Å². The molecule has 0 saturated heterocycles. The maximum atomic E-state index is 13.2. The number of rotatable bonds is 4. The predicted octanol–water partition coefficient (Wildman–Crippen LogP) is 8.19. The van der Waals surface area contributed by atoms with Crippen LogP contribution in [-0.2, 0) is 17.6 Å². The predicted molar refractivity (Wildman–Crippen MR) is 157 cm³/mol. The van der Waals surface area contributed by atoms with Gasteiger partial charge in [-0.25, -0.2) is 0 Å². The van der Waals surface area contributed by atoms with Gasteiger partial charge in [-0.3, -0.25) is 9.78 Å². The number of hydrogen-bond donors (Lipinski definition) is 1. The van der Waals surface area contributed by atoms with Crippen LogP contribution in [-0.4, -0.2) is 10.9 Å². The van der Waals surface area contributed by atoms with Crippen LogP contribution in [0.3, 0.4) is 0 Å². The Balaban J connectivity index is 1.38. The third-order valence-corrected chi connectivity index (χ3v) is 7.92. The Hall–Kier alpha value is -4.50. The number of para-hydroxylation sites is 2. The molecule has 1 aliphatic carbocycles. The summed E-state index contributed by atoms with van der Waals surface area (Å²) in [7, 11) is 0. The molecular formula is C35H28N2O. The van der Waals surface area contributed by atoms with Gasteiger partial charge in [0.2, 0.25) is 5.91 Å². The summed E-state index contributed by atoms with van der Waals surface area (Å²) < 4.78 is 0. The normalized spacial score (nSPS) is 15.0. The van der Waals surface area contributed by atoms with Gasteiger partial charge in [-0.05, 0) is 81.8 Å². The summed E-state index contributed by atoms with van der Waals surface area (Å²) in [5.74, 6) is 0.127. The lowest BCUT2D eigenvalue weighted by Crippen LogP contribution is -2.19. The summed E-state index contributed by atoms with van der Waals surface area (Å²) in [5.41, 5.74) is 6.62. The molecule has 1 N–H and O–H groups in total. The van der Waals surface area contributed by atoms with Gasteiger partial charge in [-0.2, -0.15) is 0 Å². The number of pyridine rings is 1. The molecule has 1 unspecified atom stereocenters. The van der Waals surface area contributed by atoms with Gasteiger partial charge in [0.15, 0.2) is 0 Å². The van der Waals surface area contributed by atoms with Crippen molar-refractivity contribution < 1.29 is 4.79 Å². The number of aryl methyl sites for hydroxylation is 1. The van der Waals surface area contributed by atoms with Gasteiger partial charge in [0.1, 0.15) is 0 Å². The first-order chi connectivity index (χ1) is 18.7. The first kappa shape index (κ1) is 22.7. The fourth-order valence-electron chi connectivity index (χ4n) is 6.22. The number of aromatic nitrogens is 1. The van der Waals surface area contributed by atoms with E-state index in [9.17, 15) is 4.79 Å². The average Bonchev–Trinajstić information content (AvgIpc) is 2.96. The number of hydrogen-bond acceptors (Lipinski definition) is 2. The number of benzene rings is 5. The average molecular weight is 493 g/mol. The molecule has 1 heterocycles. The second kappa shape index (κ2) is 9.42. The van der Waals surface area contributed by atoms with Crippen LogP contribution in [0, 0.1) is 0 Å². The highest BCUT2D eigenvalue weighted by Gasteiger charge is 2.28. The zero-order valence-corrected chi connectivity index (χ0v) is 21.2. The highest BCUT2D eigenvalue weighted by molar-refractivity contribution is 6.09. The van der Waals surface area contributed by atoms with Crippen LogP contribution in [0.25, 0.3) is 32.4 Å². The fraction of sp³-hybridized carbons (Fsp3) is 0.143. The van der Waals surface area contributed by atoms with Crippen molar-refractivity contribution in [2.24, 2.45) is 0 Å².